The lowest BCUT2D eigenvalue weighted by Crippen LogP contribution is -2.47. The lowest BCUT2D eigenvalue weighted by atomic mass is 9.89. The number of piperidine rings is 1. The van der Waals surface area contributed by atoms with Crippen molar-refractivity contribution in [3.05, 3.63) is 35.9 Å². The summed E-state index contributed by atoms with van der Waals surface area (Å²) in [6.07, 6.45) is 1.27. The molecular formula is C18H22N4O4. The summed E-state index contributed by atoms with van der Waals surface area (Å²) >= 11 is 0. The van der Waals surface area contributed by atoms with E-state index in [0.29, 0.717) is 31.5 Å². The first-order chi connectivity index (χ1) is 12.6. The van der Waals surface area contributed by atoms with E-state index in [-0.39, 0.29) is 43.3 Å². The third-order valence-electron chi connectivity index (χ3n) is 4.76. The molecule has 0 aliphatic carbocycles. The molecule has 2 aliphatic rings. The van der Waals surface area contributed by atoms with Crippen molar-refractivity contribution in [1.82, 2.24) is 20.4 Å². The quantitative estimate of drug-likeness (QED) is 0.602. The second-order valence-electron chi connectivity index (χ2n) is 6.43. The Kier molecular flexibility index (Phi) is 5.50. The first-order valence-electron chi connectivity index (χ1n) is 8.76. The summed E-state index contributed by atoms with van der Waals surface area (Å²) in [5, 5.41) is 5.16. The molecule has 2 fully saturated rings. The molecular weight excluding hydrogens is 336 g/mol. The maximum atomic E-state index is 12.5. The van der Waals surface area contributed by atoms with Crippen molar-refractivity contribution in [1.29, 1.82) is 0 Å². The molecule has 138 valence electrons. The van der Waals surface area contributed by atoms with Gasteiger partial charge in [-0.15, -0.1) is 0 Å². The number of carbonyl (C=O) groups is 4. The maximum absolute atomic E-state index is 12.5. The minimum Gasteiger partial charge on any atom is -0.336 e. The highest BCUT2D eigenvalue weighted by molar-refractivity contribution is 6.02. The van der Waals surface area contributed by atoms with Crippen LogP contribution in [0, 0.1) is 5.92 Å². The van der Waals surface area contributed by atoms with Crippen molar-refractivity contribution in [2.24, 2.45) is 5.92 Å². The van der Waals surface area contributed by atoms with Crippen LogP contribution in [-0.2, 0) is 4.79 Å². The molecule has 2 N–H and O–H groups in total. The highest BCUT2D eigenvalue weighted by Crippen LogP contribution is 2.21. The van der Waals surface area contributed by atoms with Crippen LogP contribution < -0.4 is 10.6 Å². The highest BCUT2D eigenvalue weighted by Gasteiger charge is 2.29. The summed E-state index contributed by atoms with van der Waals surface area (Å²) in [6, 6.07) is 8.55. The van der Waals surface area contributed by atoms with Crippen LogP contribution in [-0.4, -0.2) is 66.3 Å². The Bertz CT molecular complexity index is 682. The van der Waals surface area contributed by atoms with Gasteiger partial charge in [-0.2, -0.15) is 0 Å². The number of Topliss-reactive ketones (excluding diaryl/α,β-unsaturated/α-hetero) is 1. The van der Waals surface area contributed by atoms with Crippen LogP contribution in [0.3, 0.4) is 0 Å². The van der Waals surface area contributed by atoms with E-state index >= 15 is 0 Å². The highest BCUT2D eigenvalue weighted by atomic mass is 16.2. The number of benzene rings is 1. The predicted octanol–water partition coefficient (Wildman–Crippen LogP) is 0.843. The van der Waals surface area contributed by atoms with Crippen LogP contribution in [0.15, 0.2) is 30.3 Å². The molecule has 0 saturated carbocycles. The smallest absolute Gasteiger partial charge is 0.324 e. The number of hydrogen-bond donors (Lipinski definition) is 2. The minimum absolute atomic E-state index is 0.00966. The zero-order valence-corrected chi connectivity index (χ0v) is 14.4. The molecule has 0 atom stereocenters. The van der Waals surface area contributed by atoms with Gasteiger partial charge in [-0.25, -0.2) is 9.59 Å². The normalized spacial score (nSPS) is 18.0. The van der Waals surface area contributed by atoms with Crippen LogP contribution in [0.2, 0.25) is 0 Å². The third kappa shape index (κ3) is 4.01. The average Bonchev–Trinajstić information content (AvgIpc) is 3.00. The average molecular weight is 358 g/mol. The number of hydrogen-bond acceptors (Lipinski definition) is 4. The summed E-state index contributed by atoms with van der Waals surface area (Å²) in [7, 11) is 0. The van der Waals surface area contributed by atoms with Crippen molar-refractivity contribution >= 4 is 23.8 Å². The number of amides is 5. The van der Waals surface area contributed by atoms with Gasteiger partial charge >= 0.3 is 12.1 Å². The van der Waals surface area contributed by atoms with E-state index in [2.05, 4.69) is 10.6 Å². The second kappa shape index (κ2) is 7.99. The summed E-state index contributed by atoms with van der Waals surface area (Å²) in [5.41, 5.74) is 0.712. The van der Waals surface area contributed by atoms with E-state index in [1.54, 1.807) is 4.90 Å². The Labute approximate surface area is 151 Å². The fourth-order valence-electron chi connectivity index (χ4n) is 3.25. The Hall–Kier alpha value is -2.90. The van der Waals surface area contributed by atoms with Gasteiger partial charge in [-0.3, -0.25) is 14.5 Å². The lowest BCUT2D eigenvalue weighted by molar-refractivity contribution is -0.124. The molecule has 5 amide bonds. The molecule has 0 aromatic heterocycles. The van der Waals surface area contributed by atoms with E-state index in [0.717, 1.165) is 4.90 Å². The van der Waals surface area contributed by atoms with Crippen molar-refractivity contribution in [3.63, 3.8) is 0 Å². The van der Waals surface area contributed by atoms with Crippen molar-refractivity contribution in [3.8, 4) is 0 Å². The van der Waals surface area contributed by atoms with Crippen molar-refractivity contribution in [2.75, 3.05) is 32.7 Å². The maximum Gasteiger partial charge on any atom is 0.324 e. The van der Waals surface area contributed by atoms with E-state index < -0.39 is 6.03 Å². The van der Waals surface area contributed by atoms with Gasteiger partial charge in [0.05, 0.1) is 6.54 Å². The van der Waals surface area contributed by atoms with E-state index in [1.165, 1.54) is 0 Å². The summed E-state index contributed by atoms with van der Waals surface area (Å²) in [5.74, 6) is -0.221. The fourth-order valence-corrected chi connectivity index (χ4v) is 3.25. The number of nitrogens with zero attached hydrogens (tertiary/aromatic N) is 2. The van der Waals surface area contributed by atoms with Gasteiger partial charge in [0.25, 0.3) is 0 Å². The zero-order valence-electron chi connectivity index (χ0n) is 14.4. The molecule has 8 nitrogen and oxygen atoms in total. The van der Waals surface area contributed by atoms with Gasteiger partial charge in [-0.05, 0) is 12.8 Å². The Balaban J connectivity index is 1.41. The number of likely N-dealkylation sites (tertiary alicyclic amines) is 1. The van der Waals surface area contributed by atoms with Crippen LogP contribution >= 0.6 is 0 Å². The summed E-state index contributed by atoms with van der Waals surface area (Å²) in [6.45, 7) is 1.40. The van der Waals surface area contributed by atoms with E-state index in [4.69, 9.17) is 0 Å². The Morgan fingerprint density at radius 3 is 2.42 bits per heavy atom. The molecule has 1 aromatic carbocycles. The topological polar surface area (TPSA) is 98.8 Å². The van der Waals surface area contributed by atoms with Gasteiger partial charge in [0.2, 0.25) is 5.91 Å². The Morgan fingerprint density at radius 2 is 1.81 bits per heavy atom. The van der Waals surface area contributed by atoms with E-state index in [1.807, 2.05) is 30.3 Å². The van der Waals surface area contributed by atoms with Crippen molar-refractivity contribution in [2.45, 2.75) is 12.8 Å². The summed E-state index contributed by atoms with van der Waals surface area (Å²) in [4.78, 5) is 50.3. The number of urea groups is 2. The van der Waals surface area contributed by atoms with Crippen LogP contribution in [0.5, 0.6) is 0 Å². The minimum atomic E-state index is -0.426. The molecule has 2 saturated heterocycles. The van der Waals surface area contributed by atoms with Gasteiger partial charge in [0, 0.05) is 37.7 Å². The fraction of sp³-hybridized carbons (Fsp3) is 0.444. The number of imide groups is 1. The molecule has 0 radical (unpaired) electrons. The first-order valence-corrected chi connectivity index (χ1v) is 8.76. The van der Waals surface area contributed by atoms with Crippen LogP contribution in [0.4, 0.5) is 9.59 Å². The molecule has 2 heterocycles. The standard InChI is InChI=1S/C18H22N4O4/c23-15-12-20-18(26)22(15)11-8-19-17(25)21-9-6-14(7-10-21)16(24)13-4-2-1-3-5-13/h1-5,14H,6-12H2,(H,19,25)(H,20,26). The van der Waals surface area contributed by atoms with Crippen LogP contribution in [0.25, 0.3) is 0 Å². The second-order valence-corrected chi connectivity index (χ2v) is 6.43. The van der Waals surface area contributed by atoms with Gasteiger partial charge in [0.1, 0.15) is 0 Å². The van der Waals surface area contributed by atoms with Crippen molar-refractivity contribution < 1.29 is 19.2 Å². The monoisotopic (exact) mass is 358 g/mol. The Morgan fingerprint density at radius 1 is 1.12 bits per heavy atom. The SMILES string of the molecule is O=C(c1ccccc1)C1CCN(C(=O)NCCN2C(=O)CNC2=O)CC1. The molecule has 0 bridgehead atoms. The molecule has 26 heavy (non-hydrogen) atoms. The largest absolute Gasteiger partial charge is 0.336 e. The molecule has 8 heteroatoms. The number of nitrogens with one attached hydrogen (secondary N) is 2. The molecule has 0 unspecified atom stereocenters. The van der Waals surface area contributed by atoms with E-state index in [9.17, 15) is 19.2 Å². The predicted molar refractivity (Wildman–Crippen MR) is 93.6 cm³/mol. The third-order valence-corrected chi connectivity index (χ3v) is 4.76. The molecule has 2 aliphatic heterocycles. The molecule has 0 spiro atoms. The number of ketones is 1. The van der Waals surface area contributed by atoms with Gasteiger partial charge in [0.15, 0.2) is 5.78 Å². The van der Waals surface area contributed by atoms with Gasteiger partial charge in [-0.1, -0.05) is 30.3 Å². The lowest BCUT2D eigenvalue weighted by Gasteiger charge is -2.31. The van der Waals surface area contributed by atoms with Crippen LogP contribution in [0.1, 0.15) is 23.2 Å². The molecule has 3 rings (SSSR count). The summed E-state index contributed by atoms with van der Waals surface area (Å²) < 4.78 is 0. The zero-order chi connectivity index (χ0) is 18.5. The first kappa shape index (κ1) is 17.9. The number of rotatable bonds is 5. The molecule has 1 aromatic rings. The van der Waals surface area contributed by atoms with Gasteiger partial charge < -0.3 is 15.5 Å². The number of carbonyl (C=O) groups excluding carboxylic acids is 4.